The molecule has 1 saturated heterocycles. The van der Waals surface area contributed by atoms with Crippen molar-refractivity contribution >= 4 is 11.7 Å². The van der Waals surface area contributed by atoms with Gasteiger partial charge < -0.3 is 19.4 Å². The van der Waals surface area contributed by atoms with Crippen molar-refractivity contribution in [2.45, 2.75) is 26.8 Å². The average molecular weight is 476 g/mol. The highest BCUT2D eigenvalue weighted by molar-refractivity contribution is 5.94. The molecular formula is C28H37N5O2. The third-order valence-corrected chi connectivity index (χ3v) is 6.71. The molecule has 7 nitrogen and oxygen atoms in total. The maximum absolute atomic E-state index is 13.5. The fourth-order valence-corrected chi connectivity index (χ4v) is 4.69. The molecule has 0 spiro atoms. The molecule has 1 fully saturated rings. The Kier molecular flexibility index (Phi) is 8.55. The zero-order valence-corrected chi connectivity index (χ0v) is 21.2. The summed E-state index contributed by atoms with van der Waals surface area (Å²) in [7, 11) is 1.70. The standard InChI is InChI=1S/C28H37N5O2/c1-4-30-17-19-31(20-18-30)27-26(23(2)29-33(27)25-14-9-6-10-15-25)22-32(16-11-21-35-3)28(34)24-12-7-5-8-13-24/h5-10,12-15H,4,11,16-22H2,1-3H3. The minimum absolute atomic E-state index is 0.0373. The third-order valence-electron chi connectivity index (χ3n) is 6.71. The Morgan fingerprint density at radius 3 is 2.29 bits per heavy atom. The maximum atomic E-state index is 13.5. The lowest BCUT2D eigenvalue weighted by Gasteiger charge is -2.36. The van der Waals surface area contributed by atoms with E-state index in [1.807, 2.05) is 53.4 Å². The lowest BCUT2D eigenvalue weighted by Crippen LogP contribution is -2.47. The van der Waals surface area contributed by atoms with Crippen LogP contribution >= 0.6 is 0 Å². The summed E-state index contributed by atoms with van der Waals surface area (Å²) in [5.41, 5.74) is 3.81. The minimum atomic E-state index is 0.0373. The van der Waals surface area contributed by atoms with Crippen molar-refractivity contribution in [3.05, 3.63) is 77.5 Å². The first-order chi connectivity index (χ1) is 17.1. The number of para-hydroxylation sites is 1. The van der Waals surface area contributed by atoms with Crippen LogP contribution in [0.1, 0.15) is 35.0 Å². The highest BCUT2D eigenvalue weighted by Gasteiger charge is 2.27. The molecule has 0 aliphatic carbocycles. The first-order valence-electron chi connectivity index (χ1n) is 12.6. The van der Waals surface area contributed by atoms with Crippen LogP contribution in [-0.2, 0) is 11.3 Å². The zero-order chi connectivity index (χ0) is 24.6. The number of hydrogen-bond donors (Lipinski definition) is 0. The summed E-state index contributed by atoms with van der Waals surface area (Å²) >= 11 is 0. The van der Waals surface area contributed by atoms with Gasteiger partial charge in [0.05, 0.1) is 17.9 Å². The fraction of sp³-hybridized carbons (Fsp3) is 0.429. The van der Waals surface area contributed by atoms with Gasteiger partial charge in [-0.2, -0.15) is 5.10 Å². The number of amides is 1. The van der Waals surface area contributed by atoms with Crippen LogP contribution in [-0.4, -0.2) is 78.5 Å². The quantitative estimate of drug-likeness (QED) is 0.415. The van der Waals surface area contributed by atoms with Gasteiger partial charge in [0.15, 0.2) is 0 Å². The number of aryl methyl sites for hydroxylation is 1. The van der Waals surface area contributed by atoms with Crippen molar-refractivity contribution < 1.29 is 9.53 Å². The lowest BCUT2D eigenvalue weighted by atomic mass is 10.1. The first-order valence-corrected chi connectivity index (χ1v) is 12.6. The average Bonchev–Trinajstić information content (AvgIpc) is 3.24. The molecule has 7 heteroatoms. The normalized spacial score (nSPS) is 14.3. The molecule has 2 heterocycles. The number of carbonyl (C=O) groups excluding carboxylic acids is 1. The number of hydrogen-bond acceptors (Lipinski definition) is 5. The molecule has 1 aliphatic heterocycles. The van der Waals surface area contributed by atoms with Gasteiger partial charge in [-0.3, -0.25) is 4.79 Å². The molecule has 0 unspecified atom stereocenters. The van der Waals surface area contributed by atoms with Crippen molar-refractivity contribution in [2.75, 3.05) is 57.9 Å². The smallest absolute Gasteiger partial charge is 0.254 e. The van der Waals surface area contributed by atoms with Gasteiger partial charge in [-0.05, 0) is 44.2 Å². The van der Waals surface area contributed by atoms with E-state index in [9.17, 15) is 4.79 Å². The topological polar surface area (TPSA) is 53.8 Å². The predicted molar refractivity (Wildman–Crippen MR) is 140 cm³/mol. The highest BCUT2D eigenvalue weighted by Crippen LogP contribution is 2.30. The van der Waals surface area contributed by atoms with E-state index < -0.39 is 0 Å². The Labute approximate surface area is 208 Å². The van der Waals surface area contributed by atoms with Crippen LogP contribution in [0.5, 0.6) is 0 Å². The summed E-state index contributed by atoms with van der Waals surface area (Å²) < 4.78 is 7.35. The van der Waals surface area contributed by atoms with E-state index in [2.05, 4.69) is 40.5 Å². The van der Waals surface area contributed by atoms with Crippen molar-refractivity contribution in [1.82, 2.24) is 19.6 Å². The molecule has 1 aromatic heterocycles. The number of rotatable bonds is 10. The second kappa shape index (κ2) is 12.0. The number of likely N-dealkylation sites (N-methyl/N-ethyl adjacent to an activating group) is 1. The fourth-order valence-electron chi connectivity index (χ4n) is 4.69. The molecule has 2 aromatic carbocycles. The molecule has 186 valence electrons. The van der Waals surface area contributed by atoms with Crippen LogP contribution in [0.2, 0.25) is 0 Å². The predicted octanol–water partition coefficient (Wildman–Crippen LogP) is 4.00. The van der Waals surface area contributed by atoms with Crippen LogP contribution in [0.15, 0.2) is 60.7 Å². The van der Waals surface area contributed by atoms with Crippen LogP contribution in [0, 0.1) is 6.92 Å². The summed E-state index contributed by atoms with van der Waals surface area (Å²) in [4.78, 5) is 20.4. The largest absolute Gasteiger partial charge is 0.385 e. The molecule has 1 amide bonds. The molecule has 35 heavy (non-hydrogen) atoms. The number of methoxy groups -OCH3 is 1. The highest BCUT2D eigenvalue weighted by atomic mass is 16.5. The second-order valence-electron chi connectivity index (χ2n) is 9.00. The number of ether oxygens (including phenoxy) is 1. The van der Waals surface area contributed by atoms with Crippen LogP contribution in [0.3, 0.4) is 0 Å². The number of benzene rings is 2. The Morgan fingerprint density at radius 2 is 1.66 bits per heavy atom. The Morgan fingerprint density at radius 1 is 1.00 bits per heavy atom. The van der Waals surface area contributed by atoms with E-state index >= 15 is 0 Å². The molecule has 0 atom stereocenters. The number of piperazine rings is 1. The number of aromatic nitrogens is 2. The van der Waals surface area contributed by atoms with E-state index in [4.69, 9.17) is 9.84 Å². The van der Waals surface area contributed by atoms with E-state index in [0.29, 0.717) is 25.3 Å². The van der Waals surface area contributed by atoms with Gasteiger partial charge in [0, 0.05) is 57.6 Å². The SMILES string of the molecule is CCN1CCN(c2c(CN(CCCOC)C(=O)c3ccccc3)c(C)nn2-c2ccccc2)CC1. The van der Waals surface area contributed by atoms with E-state index in [1.165, 1.54) is 0 Å². The molecule has 4 rings (SSSR count). The zero-order valence-electron chi connectivity index (χ0n) is 21.2. The van der Waals surface area contributed by atoms with Crippen molar-refractivity contribution in [1.29, 1.82) is 0 Å². The van der Waals surface area contributed by atoms with Gasteiger partial charge >= 0.3 is 0 Å². The summed E-state index contributed by atoms with van der Waals surface area (Å²) in [6.07, 6.45) is 0.783. The van der Waals surface area contributed by atoms with E-state index in [-0.39, 0.29) is 5.91 Å². The van der Waals surface area contributed by atoms with E-state index in [1.54, 1.807) is 7.11 Å². The molecule has 0 bridgehead atoms. The maximum Gasteiger partial charge on any atom is 0.254 e. The Bertz CT molecular complexity index is 1080. The van der Waals surface area contributed by atoms with Crippen molar-refractivity contribution in [3.63, 3.8) is 0 Å². The number of carbonyl (C=O) groups is 1. The third kappa shape index (κ3) is 5.92. The van der Waals surface area contributed by atoms with Crippen LogP contribution in [0.4, 0.5) is 5.82 Å². The molecule has 0 N–H and O–H groups in total. The first kappa shape index (κ1) is 24.9. The van der Waals surface area contributed by atoms with Gasteiger partial charge in [0.2, 0.25) is 0 Å². The van der Waals surface area contributed by atoms with Crippen molar-refractivity contribution in [2.24, 2.45) is 0 Å². The minimum Gasteiger partial charge on any atom is -0.385 e. The van der Waals surface area contributed by atoms with Crippen molar-refractivity contribution in [3.8, 4) is 5.69 Å². The molecule has 3 aromatic rings. The Balaban J connectivity index is 1.71. The summed E-state index contributed by atoms with van der Waals surface area (Å²) in [5, 5.41) is 4.98. The number of nitrogens with zero attached hydrogens (tertiary/aromatic N) is 5. The summed E-state index contributed by atoms with van der Waals surface area (Å²) in [6, 6.07) is 19.8. The monoisotopic (exact) mass is 475 g/mol. The summed E-state index contributed by atoms with van der Waals surface area (Å²) in [5.74, 6) is 1.14. The van der Waals surface area contributed by atoms with Crippen LogP contribution in [0.25, 0.3) is 5.69 Å². The van der Waals surface area contributed by atoms with E-state index in [0.717, 1.165) is 61.9 Å². The second-order valence-corrected chi connectivity index (χ2v) is 9.00. The molecule has 0 radical (unpaired) electrons. The van der Waals surface area contributed by atoms with Crippen LogP contribution < -0.4 is 4.90 Å². The van der Waals surface area contributed by atoms with Gasteiger partial charge in [0.1, 0.15) is 5.82 Å². The van der Waals surface area contributed by atoms with Gasteiger partial charge in [-0.25, -0.2) is 4.68 Å². The Hall–Kier alpha value is -3.16. The van der Waals surface area contributed by atoms with Gasteiger partial charge in [-0.15, -0.1) is 0 Å². The molecule has 1 aliphatic rings. The lowest BCUT2D eigenvalue weighted by molar-refractivity contribution is 0.0723. The summed E-state index contributed by atoms with van der Waals surface area (Å²) in [6.45, 7) is 11.0. The molecular weight excluding hydrogens is 438 g/mol. The van der Waals surface area contributed by atoms with Gasteiger partial charge in [0.25, 0.3) is 5.91 Å². The number of anilines is 1. The van der Waals surface area contributed by atoms with Gasteiger partial charge in [-0.1, -0.05) is 43.3 Å². The molecule has 0 saturated carbocycles.